The second-order valence-corrected chi connectivity index (χ2v) is 6.18. The summed E-state index contributed by atoms with van der Waals surface area (Å²) in [4.78, 5) is 24.5. The van der Waals surface area contributed by atoms with Crippen LogP contribution in [0.15, 0.2) is 78.2 Å². The highest BCUT2D eigenvalue weighted by atomic mass is 32.1. The fourth-order valence-electron chi connectivity index (χ4n) is 2.45. The smallest absolute Gasteiger partial charge is 0.323 e. The van der Waals surface area contributed by atoms with E-state index < -0.39 is 18.0 Å². The van der Waals surface area contributed by atoms with E-state index >= 15 is 0 Å². The molecule has 0 saturated carbocycles. The minimum absolute atomic E-state index is 0.560. The van der Waals surface area contributed by atoms with Crippen molar-refractivity contribution in [2.75, 3.05) is 0 Å². The first kappa shape index (κ1) is 16.1. The lowest BCUT2D eigenvalue weighted by molar-refractivity contribution is -0.147. The van der Waals surface area contributed by atoms with Crippen LogP contribution in [-0.2, 0) is 14.3 Å². The molecule has 1 unspecified atom stereocenters. The van der Waals surface area contributed by atoms with Gasteiger partial charge in [0, 0.05) is 4.88 Å². The van der Waals surface area contributed by atoms with E-state index in [1.165, 1.54) is 11.3 Å². The molecule has 2 aromatic carbocycles. The maximum atomic E-state index is 12.6. The molecule has 0 bridgehead atoms. The highest BCUT2D eigenvalue weighted by molar-refractivity contribution is 7.10. The van der Waals surface area contributed by atoms with Gasteiger partial charge < -0.3 is 4.74 Å². The molecule has 1 aromatic heterocycles. The van der Waals surface area contributed by atoms with E-state index in [2.05, 4.69) is 0 Å². The third kappa shape index (κ3) is 3.60. The first-order chi connectivity index (χ1) is 11.8. The fraction of sp³-hybridized carbons (Fsp3) is 0.100. The van der Waals surface area contributed by atoms with E-state index in [0.29, 0.717) is 4.88 Å². The van der Waals surface area contributed by atoms with E-state index in [4.69, 9.17) is 4.74 Å². The van der Waals surface area contributed by atoms with Crippen molar-refractivity contribution in [2.24, 2.45) is 0 Å². The van der Waals surface area contributed by atoms with Gasteiger partial charge in [-0.2, -0.15) is 0 Å². The lowest BCUT2D eigenvalue weighted by Gasteiger charge is -2.20. The van der Waals surface area contributed by atoms with Gasteiger partial charge in [0.2, 0.25) is 6.29 Å². The van der Waals surface area contributed by atoms with Crippen LogP contribution in [0.5, 0.6) is 0 Å². The van der Waals surface area contributed by atoms with Crippen LogP contribution >= 0.6 is 11.3 Å². The van der Waals surface area contributed by atoms with E-state index in [1.54, 1.807) is 18.4 Å². The molecule has 3 rings (SSSR count). The Kier molecular flexibility index (Phi) is 5.18. The first-order valence-corrected chi connectivity index (χ1v) is 8.39. The van der Waals surface area contributed by atoms with Crippen LogP contribution in [0, 0.1) is 0 Å². The summed E-state index contributed by atoms with van der Waals surface area (Å²) in [5.41, 5.74) is 1.71. The Morgan fingerprint density at radius 2 is 1.46 bits per heavy atom. The number of esters is 1. The molecule has 0 aliphatic carbocycles. The lowest BCUT2D eigenvalue weighted by atomic mass is 10.0. The zero-order valence-corrected chi connectivity index (χ0v) is 13.6. The van der Waals surface area contributed by atoms with E-state index in [-0.39, 0.29) is 0 Å². The molecule has 0 saturated heterocycles. The van der Waals surface area contributed by atoms with Crippen LogP contribution in [-0.4, -0.2) is 12.3 Å². The Balaban J connectivity index is 1.89. The van der Waals surface area contributed by atoms with Crippen molar-refractivity contribution < 1.29 is 14.3 Å². The van der Waals surface area contributed by atoms with Gasteiger partial charge in [0.25, 0.3) is 0 Å². The molecule has 3 nitrogen and oxygen atoms in total. The first-order valence-electron chi connectivity index (χ1n) is 7.51. The highest BCUT2D eigenvalue weighted by Crippen LogP contribution is 2.29. The molecule has 24 heavy (non-hydrogen) atoms. The molecule has 0 amide bonds. The van der Waals surface area contributed by atoms with Gasteiger partial charge in [-0.3, -0.25) is 9.59 Å². The largest absolute Gasteiger partial charge is 0.452 e. The molecular weight excluding hydrogens is 320 g/mol. The predicted molar refractivity (Wildman–Crippen MR) is 93.6 cm³/mol. The van der Waals surface area contributed by atoms with E-state index in [0.717, 1.165) is 11.1 Å². The minimum Gasteiger partial charge on any atom is -0.452 e. The minimum atomic E-state index is -1.01. The number of thiophene rings is 1. The number of hydrogen-bond acceptors (Lipinski definition) is 4. The van der Waals surface area contributed by atoms with Crippen molar-refractivity contribution >= 4 is 23.6 Å². The molecule has 119 valence electrons. The summed E-state index contributed by atoms with van der Waals surface area (Å²) in [6.07, 6.45) is 1.24. The third-order valence-electron chi connectivity index (χ3n) is 3.62. The third-order valence-corrected chi connectivity index (χ3v) is 4.56. The summed E-state index contributed by atoms with van der Waals surface area (Å²) in [5, 5.41) is 1.82. The van der Waals surface area contributed by atoms with Gasteiger partial charge in [-0.05, 0) is 22.6 Å². The molecule has 1 heterocycles. The number of hydrogen-bond donors (Lipinski definition) is 0. The van der Waals surface area contributed by atoms with Crippen molar-refractivity contribution in [3.8, 4) is 0 Å². The Morgan fingerprint density at radius 3 is 1.92 bits per heavy atom. The fourth-order valence-corrected chi connectivity index (χ4v) is 3.20. The second-order valence-electron chi connectivity index (χ2n) is 5.20. The number of ether oxygens (including phenoxy) is 1. The second kappa shape index (κ2) is 7.70. The van der Waals surface area contributed by atoms with Crippen molar-refractivity contribution in [1.82, 2.24) is 0 Å². The van der Waals surface area contributed by atoms with Crippen LogP contribution in [0.1, 0.15) is 28.0 Å². The number of rotatable bonds is 6. The topological polar surface area (TPSA) is 43.4 Å². The van der Waals surface area contributed by atoms with Gasteiger partial charge in [-0.1, -0.05) is 66.7 Å². The molecule has 1 radical (unpaired) electrons. The summed E-state index contributed by atoms with van der Waals surface area (Å²) in [6.45, 7) is 0. The molecule has 4 heteroatoms. The number of benzene rings is 2. The zero-order chi connectivity index (χ0) is 16.8. The van der Waals surface area contributed by atoms with Gasteiger partial charge in [0.05, 0.1) is 0 Å². The predicted octanol–water partition coefficient (Wildman–Crippen LogP) is 4.27. The molecule has 0 aliphatic rings. The van der Waals surface area contributed by atoms with Crippen LogP contribution in [0.3, 0.4) is 0 Å². The van der Waals surface area contributed by atoms with Crippen LogP contribution < -0.4 is 0 Å². The SMILES string of the molecule is O=[C]C(C(=O)OC(c1ccccc1)c1ccccc1)c1cccs1. The van der Waals surface area contributed by atoms with Crippen molar-refractivity contribution in [3.63, 3.8) is 0 Å². The van der Waals surface area contributed by atoms with Gasteiger partial charge in [-0.25, -0.2) is 0 Å². The Labute approximate surface area is 144 Å². The normalized spacial score (nSPS) is 11.9. The van der Waals surface area contributed by atoms with Crippen molar-refractivity contribution in [2.45, 2.75) is 12.0 Å². The average Bonchev–Trinajstić information content (AvgIpc) is 3.16. The summed E-state index contributed by atoms with van der Waals surface area (Å²) in [6, 6.07) is 22.5. The van der Waals surface area contributed by atoms with Crippen molar-refractivity contribution in [1.29, 1.82) is 0 Å². The molecule has 0 spiro atoms. The number of carbonyl (C=O) groups excluding carboxylic acids is 2. The standard InChI is InChI=1S/C20H15O3S/c21-14-17(18-12-7-13-24-18)20(22)23-19(15-8-3-1-4-9-15)16-10-5-2-6-11-16/h1-13,17,19H. The average molecular weight is 335 g/mol. The quantitative estimate of drug-likeness (QED) is 0.499. The lowest BCUT2D eigenvalue weighted by Crippen LogP contribution is -2.20. The van der Waals surface area contributed by atoms with Crippen LogP contribution in [0.25, 0.3) is 0 Å². The van der Waals surface area contributed by atoms with E-state index in [1.807, 2.05) is 66.0 Å². The molecule has 1 atom stereocenters. The maximum Gasteiger partial charge on any atom is 0.323 e. The zero-order valence-electron chi connectivity index (χ0n) is 12.8. The van der Waals surface area contributed by atoms with Gasteiger partial charge >= 0.3 is 5.97 Å². The summed E-state index contributed by atoms with van der Waals surface area (Å²) >= 11 is 1.34. The van der Waals surface area contributed by atoms with E-state index in [9.17, 15) is 9.59 Å². The Morgan fingerprint density at radius 1 is 0.875 bits per heavy atom. The van der Waals surface area contributed by atoms with Crippen LogP contribution in [0.2, 0.25) is 0 Å². The molecule has 0 fully saturated rings. The van der Waals surface area contributed by atoms with Gasteiger partial charge in [0.15, 0.2) is 12.0 Å². The Hall–Kier alpha value is -2.72. The van der Waals surface area contributed by atoms with Crippen molar-refractivity contribution in [3.05, 3.63) is 94.2 Å². The maximum absolute atomic E-state index is 12.6. The monoisotopic (exact) mass is 335 g/mol. The van der Waals surface area contributed by atoms with Gasteiger partial charge in [0.1, 0.15) is 0 Å². The molecule has 3 aromatic rings. The molecule has 0 N–H and O–H groups in total. The number of carbonyl (C=O) groups is 1. The molecule has 0 aliphatic heterocycles. The molecular formula is C20H15O3S. The van der Waals surface area contributed by atoms with Crippen LogP contribution in [0.4, 0.5) is 0 Å². The highest BCUT2D eigenvalue weighted by Gasteiger charge is 2.28. The summed E-state index contributed by atoms with van der Waals surface area (Å²) in [5.74, 6) is -1.61. The summed E-state index contributed by atoms with van der Waals surface area (Å²) < 4.78 is 5.70. The Bertz CT molecular complexity index is 743. The van der Waals surface area contributed by atoms with Gasteiger partial charge in [-0.15, -0.1) is 11.3 Å². The summed E-state index contributed by atoms with van der Waals surface area (Å²) in [7, 11) is 0.